The van der Waals surface area contributed by atoms with Gasteiger partial charge in [-0.15, -0.1) is 0 Å². The Morgan fingerprint density at radius 2 is 1.93 bits per heavy atom. The summed E-state index contributed by atoms with van der Waals surface area (Å²) in [6.07, 6.45) is 4.82. The second-order valence-electron chi connectivity index (χ2n) is 6.65. The molecule has 0 saturated carbocycles. The number of anilines is 2. The number of carbonyl (C=O) groups excluding carboxylic acids is 1. The highest BCUT2D eigenvalue weighted by Crippen LogP contribution is 2.20. The first-order chi connectivity index (χ1) is 13.2. The van der Waals surface area contributed by atoms with E-state index in [1.165, 1.54) is 12.4 Å². The Balaban J connectivity index is 1.57. The minimum Gasteiger partial charge on any atom is -0.370 e. The summed E-state index contributed by atoms with van der Waals surface area (Å²) in [5, 5.41) is 3.24. The monoisotopic (exact) mass is 371 g/mol. The van der Waals surface area contributed by atoms with Crippen molar-refractivity contribution in [3.05, 3.63) is 48.2 Å². The van der Waals surface area contributed by atoms with Crippen LogP contribution < -0.4 is 10.2 Å². The van der Waals surface area contributed by atoms with E-state index in [9.17, 15) is 9.18 Å². The van der Waals surface area contributed by atoms with E-state index in [0.29, 0.717) is 43.4 Å². The molecule has 0 bridgehead atoms. The van der Waals surface area contributed by atoms with E-state index in [-0.39, 0.29) is 11.7 Å². The molecule has 144 valence electrons. The van der Waals surface area contributed by atoms with Crippen molar-refractivity contribution in [2.45, 2.75) is 26.2 Å². The second kappa shape index (κ2) is 9.30. The summed E-state index contributed by atoms with van der Waals surface area (Å²) in [6, 6.07) is 8.45. The molecule has 0 radical (unpaired) electrons. The number of hydrogen-bond acceptors (Lipinski definition) is 5. The maximum atomic E-state index is 13.9. The summed E-state index contributed by atoms with van der Waals surface area (Å²) < 4.78 is 13.9. The standard InChI is InChI=1S/C20H26FN5O/c1-2-3-6-9-22-19-14-17(23-15-24-19)20(27)26-12-10-25(11-13-26)18-8-5-4-7-16(18)21/h4-5,7-8,14-15H,2-3,6,9-13H2,1H3,(H,22,23,24). The van der Waals surface area contributed by atoms with Crippen LogP contribution in [0.5, 0.6) is 0 Å². The number of amides is 1. The number of nitrogens with zero attached hydrogens (tertiary/aromatic N) is 4. The Morgan fingerprint density at radius 1 is 1.15 bits per heavy atom. The van der Waals surface area contributed by atoms with Gasteiger partial charge in [-0.25, -0.2) is 14.4 Å². The third-order valence-electron chi connectivity index (χ3n) is 4.73. The van der Waals surface area contributed by atoms with Crippen LogP contribution >= 0.6 is 0 Å². The van der Waals surface area contributed by atoms with Crippen LogP contribution in [0.15, 0.2) is 36.7 Å². The van der Waals surface area contributed by atoms with Gasteiger partial charge in [0.2, 0.25) is 0 Å². The van der Waals surface area contributed by atoms with Gasteiger partial charge in [-0.1, -0.05) is 31.9 Å². The predicted octanol–water partition coefficient (Wildman–Crippen LogP) is 3.18. The molecule has 6 nitrogen and oxygen atoms in total. The lowest BCUT2D eigenvalue weighted by molar-refractivity contribution is 0.0740. The van der Waals surface area contributed by atoms with Gasteiger partial charge in [0.05, 0.1) is 5.69 Å². The number of para-hydroxylation sites is 1. The van der Waals surface area contributed by atoms with E-state index in [0.717, 1.165) is 25.8 Å². The van der Waals surface area contributed by atoms with Gasteiger partial charge in [0.1, 0.15) is 23.7 Å². The molecule has 0 aliphatic carbocycles. The summed E-state index contributed by atoms with van der Waals surface area (Å²) in [4.78, 5) is 24.8. The molecule has 0 spiro atoms. The van der Waals surface area contributed by atoms with Crippen LogP contribution in [-0.4, -0.2) is 53.5 Å². The largest absolute Gasteiger partial charge is 0.370 e. The van der Waals surface area contributed by atoms with Gasteiger partial charge in [-0.3, -0.25) is 4.79 Å². The first-order valence-corrected chi connectivity index (χ1v) is 9.53. The summed E-state index contributed by atoms with van der Waals surface area (Å²) in [6.45, 7) is 5.26. The molecule has 2 aromatic rings. The van der Waals surface area contributed by atoms with Crippen molar-refractivity contribution in [1.29, 1.82) is 0 Å². The lowest BCUT2D eigenvalue weighted by Crippen LogP contribution is -2.49. The van der Waals surface area contributed by atoms with E-state index in [1.807, 2.05) is 11.0 Å². The number of piperazine rings is 1. The first kappa shape index (κ1) is 19.1. The van der Waals surface area contributed by atoms with Gasteiger partial charge in [-0.05, 0) is 18.6 Å². The quantitative estimate of drug-likeness (QED) is 0.758. The van der Waals surface area contributed by atoms with Crippen molar-refractivity contribution in [1.82, 2.24) is 14.9 Å². The van der Waals surface area contributed by atoms with Crippen LogP contribution in [0.2, 0.25) is 0 Å². The van der Waals surface area contributed by atoms with Crippen molar-refractivity contribution in [2.24, 2.45) is 0 Å². The molecule has 0 unspecified atom stereocenters. The number of rotatable bonds is 7. The normalized spacial score (nSPS) is 14.3. The summed E-state index contributed by atoms with van der Waals surface area (Å²) in [7, 11) is 0. The van der Waals surface area contributed by atoms with Crippen LogP contribution in [-0.2, 0) is 0 Å². The van der Waals surface area contributed by atoms with Crippen molar-refractivity contribution >= 4 is 17.4 Å². The van der Waals surface area contributed by atoms with Crippen LogP contribution in [0, 0.1) is 5.82 Å². The van der Waals surface area contributed by atoms with E-state index >= 15 is 0 Å². The number of nitrogens with one attached hydrogen (secondary N) is 1. The molecule has 1 aromatic carbocycles. The van der Waals surface area contributed by atoms with Crippen molar-refractivity contribution < 1.29 is 9.18 Å². The Morgan fingerprint density at radius 3 is 2.67 bits per heavy atom. The molecule has 2 heterocycles. The van der Waals surface area contributed by atoms with E-state index in [2.05, 4.69) is 22.2 Å². The zero-order valence-electron chi connectivity index (χ0n) is 15.7. The average Bonchev–Trinajstić information content (AvgIpc) is 2.71. The summed E-state index contributed by atoms with van der Waals surface area (Å²) in [5.74, 6) is 0.337. The second-order valence-corrected chi connectivity index (χ2v) is 6.65. The van der Waals surface area contributed by atoms with Crippen molar-refractivity contribution in [3.8, 4) is 0 Å². The first-order valence-electron chi connectivity index (χ1n) is 9.53. The van der Waals surface area contributed by atoms with Crippen LogP contribution in [0.3, 0.4) is 0 Å². The molecule has 1 N–H and O–H groups in total. The van der Waals surface area contributed by atoms with E-state index in [4.69, 9.17) is 0 Å². The van der Waals surface area contributed by atoms with Gasteiger partial charge in [0.25, 0.3) is 5.91 Å². The minimum atomic E-state index is -0.230. The molecule has 1 aliphatic heterocycles. The molecule has 7 heteroatoms. The molecule has 1 aromatic heterocycles. The zero-order valence-corrected chi connectivity index (χ0v) is 15.7. The van der Waals surface area contributed by atoms with Crippen molar-refractivity contribution in [3.63, 3.8) is 0 Å². The van der Waals surface area contributed by atoms with Gasteiger partial charge in [0.15, 0.2) is 0 Å². The molecular weight excluding hydrogens is 345 g/mol. The Kier molecular flexibility index (Phi) is 6.57. The summed E-state index contributed by atoms with van der Waals surface area (Å²) in [5.41, 5.74) is 0.979. The fourth-order valence-electron chi connectivity index (χ4n) is 3.18. The fourth-order valence-corrected chi connectivity index (χ4v) is 3.18. The Labute approximate surface area is 159 Å². The van der Waals surface area contributed by atoms with E-state index < -0.39 is 0 Å². The molecular formula is C20H26FN5O. The lowest BCUT2D eigenvalue weighted by atomic mass is 10.2. The summed E-state index contributed by atoms with van der Waals surface area (Å²) >= 11 is 0. The number of halogens is 1. The number of benzene rings is 1. The molecule has 1 saturated heterocycles. The topological polar surface area (TPSA) is 61.4 Å². The lowest BCUT2D eigenvalue weighted by Gasteiger charge is -2.36. The van der Waals surface area contributed by atoms with Crippen LogP contribution in [0.1, 0.15) is 36.7 Å². The average molecular weight is 371 g/mol. The molecule has 0 atom stereocenters. The molecule has 1 fully saturated rings. The Bertz CT molecular complexity index is 762. The number of carbonyl (C=O) groups is 1. The third kappa shape index (κ3) is 4.93. The fraction of sp³-hybridized carbons (Fsp3) is 0.450. The highest BCUT2D eigenvalue weighted by atomic mass is 19.1. The van der Waals surface area contributed by atoms with Gasteiger partial charge in [0, 0.05) is 38.8 Å². The highest BCUT2D eigenvalue weighted by Gasteiger charge is 2.24. The van der Waals surface area contributed by atoms with E-state index in [1.54, 1.807) is 23.1 Å². The van der Waals surface area contributed by atoms with Crippen LogP contribution in [0.4, 0.5) is 15.9 Å². The SMILES string of the molecule is CCCCCNc1cc(C(=O)N2CCN(c3ccccc3F)CC2)ncn1. The molecule has 27 heavy (non-hydrogen) atoms. The van der Waals surface area contributed by atoms with Gasteiger partial charge >= 0.3 is 0 Å². The number of hydrogen-bond donors (Lipinski definition) is 1. The Hall–Kier alpha value is -2.70. The number of unbranched alkanes of at least 4 members (excludes halogenated alkanes) is 2. The maximum absolute atomic E-state index is 13.9. The predicted molar refractivity (Wildman–Crippen MR) is 105 cm³/mol. The van der Waals surface area contributed by atoms with Crippen LogP contribution in [0.25, 0.3) is 0 Å². The highest BCUT2D eigenvalue weighted by molar-refractivity contribution is 5.93. The number of aromatic nitrogens is 2. The third-order valence-corrected chi connectivity index (χ3v) is 4.73. The smallest absolute Gasteiger partial charge is 0.272 e. The van der Waals surface area contributed by atoms with Gasteiger partial charge in [-0.2, -0.15) is 0 Å². The zero-order chi connectivity index (χ0) is 19.1. The van der Waals surface area contributed by atoms with Gasteiger partial charge < -0.3 is 15.1 Å². The molecule has 1 amide bonds. The molecule has 1 aliphatic rings. The molecule has 3 rings (SSSR count). The minimum absolute atomic E-state index is 0.109. The van der Waals surface area contributed by atoms with Crippen molar-refractivity contribution in [2.75, 3.05) is 42.9 Å². The maximum Gasteiger partial charge on any atom is 0.272 e.